The molecule has 3 atom stereocenters. The van der Waals surface area contributed by atoms with E-state index >= 15 is 0 Å². The number of alkyl halides is 1. The van der Waals surface area contributed by atoms with E-state index in [4.69, 9.17) is 9.47 Å². The zero-order valence-electron chi connectivity index (χ0n) is 12.0. The molecule has 0 bridgehead atoms. The Morgan fingerprint density at radius 3 is 2.81 bits per heavy atom. The van der Waals surface area contributed by atoms with Crippen LogP contribution in [0.2, 0.25) is 0 Å². The minimum atomic E-state index is -2.28. The van der Waals surface area contributed by atoms with Crippen LogP contribution in [0.3, 0.4) is 0 Å². The van der Waals surface area contributed by atoms with Crippen LogP contribution >= 0.6 is 29.7 Å². The maximum Gasteiger partial charge on any atom is 0.330 e. The predicted molar refractivity (Wildman–Crippen MR) is 87.8 cm³/mol. The van der Waals surface area contributed by atoms with Crippen molar-refractivity contribution in [3.8, 4) is 0 Å². The van der Waals surface area contributed by atoms with E-state index in [-0.39, 0.29) is 10.3 Å². The Morgan fingerprint density at radius 2 is 2.19 bits per heavy atom. The van der Waals surface area contributed by atoms with Crippen LogP contribution in [0.5, 0.6) is 0 Å². The molecule has 0 saturated carbocycles. The number of ether oxygens (including phenoxy) is 2. The standard InChI is InChI=1S/C12H18IN2O5P/c1-7-5-15(12(17)14-10(7)16)9-4-8(13)11(20-9)19-6-21(2,3)18/h5,8-9,11H,4,6H2,1-3H3,(H,14,16,17)/t8-,9+,11-/m1/s1. The molecule has 118 valence electrons. The highest BCUT2D eigenvalue weighted by Gasteiger charge is 2.36. The number of nitrogens with zero attached hydrogens (tertiary/aromatic N) is 1. The molecular weight excluding hydrogens is 410 g/mol. The van der Waals surface area contributed by atoms with E-state index in [9.17, 15) is 14.2 Å². The van der Waals surface area contributed by atoms with Crippen LogP contribution in [-0.4, -0.2) is 39.4 Å². The molecule has 7 nitrogen and oxygen atoms in total. The first-order valence-electron chi connectivity index (χ1n) is 6.44. The number of nitrogens with one attached hydrogen (secondary N) is 1. The highest BCUT2D eigenvalue weighted by Crippen LogP contribution is 2.39. The monoisotopic (exact) mass is 428 g/mol. The molecule has 0 aliphatic carbocycles. The highest BCUT2D eigenvalue weighted by atomic mass is 127. The lowest BCUT2D eigenvalue weighted by Gasteiger charge is -2.18. The Kier molecular flexibility index (Phi) is 5.12. The van der Waals surface area contributed by atoms with E-state index in [2.05, 4.69) is 27.6 Å². The van der Waals surface area contributed by atoms with Crippen LogP contribution in [0.4, 0.5) is 0 Å². The summed E-state index contributed by atoms with van der Waals surface area (Å²) in [5, 5.41) is 0. The van der Waals surface area contributed by atoms with Gasteiger partial charge in [-0.3, -0.25) is 14.3 Å². The lowest BCUT2D eigenvalue weighted by molar-refractivity contribution is -0.137. The lowest BCUT2D eigenvalue weighted by atomic mass is 10.3. The van der Waals surface area contributed by atoms with Gasteiger partial charge < -0.3 is 14.0 Å². The van der Waals surface area contributed by atoms with E-state index in [0.29, 0.717) is 12.0 Å². The Bertz CT molecular complexity index is 679. The van der Waals surface area contributed by atoms with Gasteiger partial charge in [-0.15, -0.1) is 0 Å². The molecule has 21 heavy (non-hydrogen) atoms. The van der Waals surface area contributed by atoms with Crippen LogP contribution < -0.4 is 11.2 Å². The van der Waals surface area contributed by atoms with Crippen LogP contribution in [0.15, 0.2) is 15.8 Å². The molecule has 0 aromatic carbocycles. The molecule has 1 fully saturated rings. The zero-order valence-corrected chi connectivity index (χ0v) is 15.1. The summed E-state index contributed by atoms with van der Waals surface area (Å²) in [5.74, 6) is 0. The maximum absolute atomic E-state index is 11.8. The quantitative estimate of drug-likeness (QED) is 0.446. The third-order valence-corrected chi connectivity index (χ3v) is 4.89. The van der Waals surface area contributed by atoms with Crippen molar-refractivity contribution in [1.29, 1.82) is 0 Å². The largest absolute Gasteiger partial charge is 0.344 e. The lowest BCUT2D eigenvalue weighted by Crippen LogP contribution is -2.33. The molecule has 9 heteroatoms. The van der Waals surface area contributed by atoms with Gasteiger partial charge in [-0.1, -0.05) is 22.6 Å². The second-order valence-electron chi connectivity index (χ2n) is 5.56. The maximum atomic E-state index is 11.8. The number of hydrogen-bond donors (Lipinski definition) is 1. The molecule has 2 heterocycles. The third kappa shape index (κ3) is 4.28. The van der Waals surface area contributed by atoms with Crippen molar-refractivity contribution in [3.05, 3.63) is 32.6 Å². The summed E-state index contributed by atoms with van der Waals surface area (Å²) in [7, 11) is -2.28. The van der Waals surface area contributed by atoms with Crippen molar-refractivity contribution in [2.45, 2.75) is 29.8 Å². The first-order valence-corrected chi connectivity index (χ1v) is 10.5. The summed E-state index contributed by atoms with van der Waals surface area (Å²) in [6.07, 6.45) is 1.20. The summed E-state index contributed by atoms with van der Waals surface area (Å²) in [5.41, 5.74) is -0.457. The molecule has 1 aromatic heterocycles. The summed E-state index contributed by atoms with van der Waals surface area (Å²) in [4.78, 5) is 25.5. The van der Waals surface area contributed by atoms with E-state index in [0.717, 1.165) is 0 Å². The Morgan fingerprint density at radius 1 is 1.52 bits per heavy atom. The second-order valence-corrected chi connectivity index (χ2v) is 10.6. The Hall–Kier alpha value is -0.440. The SMILES string of the molecule is Cc1cn([C@@H]2C[C@@H](I)[C@H](OCP(C)(C)=O)O2)c(=O)[nH]c1=O. The normalized spacial score (nSPS) is 26.2. The fourth-order valence-corrected chi connectivity index (χ4v) is 3.29. The topological polar surface area (TPSA) is 90.4 Å². The first-order chi connectivity index (χ1) is 9.67. The molecule has 1 aliphatic heterocycles. The van der Waals surface area contributed by atoms with Gasteiger partial charge in [-0.25, -0.2) is 4.79 Å². The summed E-state index contributed by atoms with van der Waals surface area (Å²) in [6.45, 7) is 4.93. The van der Waals surface area contributed by atoms with Crippen molar-refractivity contribution in [3.63, 3.8) is 0 Å². The van der Waals surface area contributed by atoms with E-state index in [1.54, 1.807) is 20.3 Å². The number of aromatic amines is 1. The fourth-order valence-electron chi connectivity index (χ4n) is 1.98. The van der Waals surface area contributed by atoms with E-state index in [1.165, 1.54) is 10.8 Å². The van der Waals surface area contributed by atoms with Crippen molar-refractivity contribution >= 4 is 29.7 Å². The number of hydrogen-bond acceptors (Lipinski definition) is 5. The number of rotatable bonds is 4. The number of aromatic nitrogens is 2. The van der Waals surface area contributed by atoms with Crippen molar-refractivity contribution in [1.82, 2.24) is 9.55 Å². The van der Waals surface area contributed by atoms with Gasteiger partial charge in [0.05, 0.1) is 3.92 Å². The van der Waals surface area contributed by atoms with E-state index in [1.807, 2.05) is 0 Å². The van der Waals surface area contributed by atoms with Gasteiger partial charge in [-0.05, 0) is 20.3 Å². The molecule has 1 aromatic rings. The first kappa shape index (κ1) is 16.9. The smallest absolute Gasteiger partial charge is 0.330 e. The van der Waals surface area contributed by atoms with Crippen molar-refractivity contribution < 1.29 is 14.0 Å². The Balaban J connectivity index is 2.14. The second kappa shape index (κ2) is 6.36. The summed E-state index contributed by atoms with van der Waals surface area (Å²) >= 11 is 2.19. The number of halogens is 1. The molecular formula is C12H18IN2O5P. The summed E-state index contributed by atoms with van der Waals surface area (Å²) < 4.78 is 24.4. The van der Waals surface area contributed by atoms with Gasteiger partial charge in [0.25, 0.3) is 5.56 Å². The highest BCUT2D eigenvalue weighted by molar-refractivity contribution is 14.1. The van der Waals surface area contributed by atoms with Gasteiger partial charge in [0.2, 0.25) is 0 Å². The molecule has 0 unspecified atom stereocenters. The minimum Gasteiger partial charge on any atom is -0.344 e. The molecule has 0 amide bonds. The van der Waals surface area contributed by atoms with Gasteiger partial charge in [0, 0.05) is 18.2 Å². The number of aryl methyl sites for hydroxylation is 1. The fraction of sp³-hybridized carbons (Fsp3) is 0.667. The molecule has 2 rings (SSSR count). The average Bonchev–Trinajstić information content (AvgIpc) is 2.72. The third-order valence-electron chi connectivity index (χ3n) is 3.02. The van der Waals surface area contributed by atoms with Gasteiger partial charge >= 0.3 is 5.69 Å². The van der Waals surface area contributed by atoms with Crippen LogP contribution in [0.1, 0.15) is 18.2 Å². The van der Waals surface area contributed by atoms with Crippen LogP contribution in [0, 0.1) is 6.92 Å². The molecule has 1 N–H and O–H groups in total. The van der Waals surface area contributed by atoms with Gasteiger partial charge in [0.1, 0.15) is 19.7 Å². The summed E-state index contributed by atoms with van der Waals surface area (Å²) in [6, 6.07) is 0. The number of H-pyrrole nitrogens is 1. The minimum absolute atomic E-state index is 0.0401. The molecule has 0 radical (unpaired) electrons. The van der Waals surface area contributed by atoms with Crippen LogP contribution in [-0.2, 0) is 14.0 Å². The molecule has 1 aliphatic rings. The van der Waals surface area contributed by atoms with Crippen molar-refractivity contribution in [2.24, 2.45) is 0 Å². The Labute approximate surface area is 135 Å². The predicted octanol–water partition coefficient (Wildman–Crippen LogP) is 1.49. The molecule has 0 spiro atoms. The molecule has 1 saturated heterocycles. The average molecular weight is 428 g/mol. The van der Waals surface area contributed by atoms with Gasteiger partial charge in [0.15, 0.2) is 6.29 Å². The van der Waals surface area contributed by atoms with Crippen LogP contribution in [0.25, 0.3) is 0 Å². The van der Waals surface area contributed by atoms with E-state index < -0.39 is 30.9 Å². The zero-order chi connectivity index (χ0) is 15.8. The van der Waals surface area contributed by atoms with Crippen molar-refractivity contribution in [2.75, 3.05) is 19.7 Å². The van der Waals surface area contributed by atoms with Gasteiger partial charge in [-0.2, -0.15) is 0 Å².